The molecule has 1 aliphatic heterocycles. The first-order valence-corrected chi connectivity index (χ1v) is 17.3. The average Bonchev–Trinajstić information content (AvgIpc) is 3.57. The number of nitrogens with zero attached hydrogens (tertiary/aromatic N) is 5. The Bertz CT molecular complexity index is 1540. The van der Waals surface area contributed by atoms with Gasteiger partial charge in [-0.15, -0.1) is 0 Å². The van der Waals surface area contributed by atoms with Crippen LogP contribution >= 0.6 is 7.75 Å². The monoisotopic (exact) mass is 676 g/mol. The number of nitrogens with one attached hydrogen (secondary N) is 2. The molecule has 5 N–H and O–H groups in total. The summed E-state index contributed by atoms with van der Waals surface area (Å²) in [4.78, 5) is 25.7. The first-order valence-electron chi connectivity index (χ1n) is 15.8. The highest BCUT2D eigenvalue weighted by atomic mass is 31.2. The van der Waals surface area contributed by atoms with Crippen LogP contribution in [0.5, 0.6) is 11.6 Å². The number of rotatable bonds is 18. The third kappa shape index (κ3) is 8.43. The van der Waals surface area contributed by atoms with Crippen LogP contribution in [0.15, 0.2) is 41.8 Å². The van der Waals surface area contributed by atoms with Gasteiger partial charge in [0, 0.05) is 0 Å². The minimum absolute atomic E-state index is 0.0744. The maximum Gasteiger partial charge on any atom is 0.459 e. The maximum atomic E-state index is 14.1. The second kappa shape index (κ2) is 15.9. The van der Waals surface area contributed by atoms with Crippen LogP contribution in [0.2, 0.25) is 0 Å². The SMILES string of the molecule is CCCC(CCC)COC(=O)C(C)NP(=O)(OCC1OC(n2cnc3c(OCC)nc(N)nc32)C(C)(N=N)C1O)Oc1ccccc1. The van der Waals surface area contributed by atoms with Gasteiger partial charge in [0.1, 0.15) is 24.0 Å². The summed E-state index contributed by atoms with van der Waals surface area (Å²) in [7, 11) is -4.29. The molecular weight excluding hydrogens is 631 g/mol. The Morgan fingerprint density at radius 2 is 1.94 bits per heavy atom. The third-order valence-corrected chi connectivity index (χ3v) is 9.52. The predicted octanol–water partition coefficient (Wildman–Crippen LogP) is 4.80. The number of hydrogen-bond donors (Lipinski definition) is 4. The molecule has 3 heterocycles. The predicted molar refractivity (Wildman–Crippen MR) is 172 cm³/mol. The van der Waals surface area contributed by atoms with Gasteiger partial charge in [0.25, 0.3) is 0 Å². The second-order valence-corrected chi connectivity index (χ2v) is 13.3. The van der Waals surface area contributed by atoms with Crippen molar-refractivity contribution < 1.29 is 37.7 Å². The number of para-hydroxylation sites is 1. The van der Waals surface area contributed by atoms with Gasteiger partial charge >= 0.3 is 13.7 Å². The number of hydrogen-bond acceptors (Lipinski definition) is 14. The van der Waals surface area contributed by atoms with E-state index in [9.17, 15) is 14.5 Å². The van der Waals surface area contributed by atoms with Crippen LogP contribution < -0.4 is 20.1 Å². The molecule has 3 aromatic rings. The lowest BCUT2D eigenvalue weighted by molar-refractivity contribution is -0.146. The second-order valence-electron chi connectivity index (χ2n) is 11.6. The molecule has 0 aliphatic carbocycles. The van der Waals surface area contributed by atoms with Gasteiger partial charge in [-0.3, -0.25) is 13.9 Å². The number of esters is 1. The first kappa shape index (κ1) is 36.2. The van der Waals surface area contributed by atoms with E-state index in [1.165, 1.54) is 24.7 Å². The number of imidazole rings is 1. The zero-order chi connectivity index (χ0) is 34.2. The fourth-order valence-corrected chi connectivity index (χ4v) is 6.94. The summed E-state index contributed by atoms with van der Waals surface area (Å²) in [5.41, 5.74) is 12.9. The van der Waals surface area contributed by atoms with E-state index in [0.29, 0.717) is 12.1 Å². The first-order chi connectivity index (χ1) is 22.5. The molecule has 47 heavy (non-hydrogen) atoms. The van der Waals surface area contributed by atoms with E-state index in [1.807, 2.05) is 0 Å². The topological polar surface area (TPSA) is 218 Å². The minimum atomic E-state index is -4.29. The molecule has 6 atom stereocenters. The highest BCUT2D eigenvalue weighted by Gasteiger charge is 2.56. The smallest absolute Gasteiger partial charge is 0.459 e. The number of carbonyl (C=O) groups is 1. The number of nitrogen functional groups attached to an aromatic ring is 1. The molecule has 0 amide bonds. The van der Waals surface area contributed by atoms with E-state index in [1.54, 1.807) is 37.3 Å². The Balaban J connectivity index is 1.54. The molecule has 258 valence electrons. The third-order valence-electron chi connectivity index (χ3n) is 7.87. The molecule has 17 heteroatoms. The van der Waals surface area contributed by atoms with Crippen molar-refractivity contribution in [2.24, 2.45) is 11.0 Å². The van der Waals surface area contributed by atoms with Crippen molar-refractivity contribution >= 4 is 30.8 Å². The lowest BCUT2D eigenvalue weighted by Gasteiger charge is -2.27. The van der Waals surface area contributed by atoms with Crippen LogP contribution in [0.4, 0.5) is 5.95 Å². The van der Waals surface area contributed by atoms with Gasteiger partial charge in [0.05, 0.1) is 26.1 Å². The van der Waals surface area contributed by atoms with Crippen LogP contribution in [0.3, 0.4) is 0 Å². The van der Waals surface area contributed by atoms with Crippen molar-refractivity contribution in [3.05, 3.63) is 36.7 Å². The molecular formula is C30H45N8O8P. The molecule has 1 aliphatic rings. The number of aliphatic hydroxyl groups excluding tert-OH is 1. The number of benzene rings is 1. The molecule has 1 saturated heterocycles. The zero-order valence-corrected chi connectivity index (χ0v) is 28.3. The number of carbonyl (C=O) groups excluding carboxylic acids is 1. The Morgan fingerprint density at radius 3 is 2.57 bits per heavy atom. The fraction of sp³-hybridized carbons (Fsp3) is 0.600. The van der Waals surface area contributed by atoms with Crippen LogP contribution in [-0.4, -0.2) is 74.2 Å². The van der Waals surface area contributed by atoms with Crippen LogP contribution in [-0.2, 0) is 23.4 Å². The highest BCUT2D eigenvalue weighted by Crippen LogP contribution is 2.48. The summed E-state index contributed by atoms with van der Waals surface area (Å²) in [5, 5.41) is 17.7. The lowest BCUT2D eigenvalue weighted by atomic mass is 9.93. The van der Waals surface area contributed by atoms with Crippen molar-refractivity contribution in [1.29, 1.82) is 5.53 Å². The summed E-state index contributed by atoms with van der Waals surface area (Å²) < 4.78 is 44.5. The van der Waals surface area contributed by atoms with Crippen LogP contribution in [0.1, 0.15) is 66.5 Å². The van der Waals surface area contributed by atoms with Crippen LogP contribution in [0.25, 0.3) is 11.2 Å². The van der Waals surface area contributed by atoms with Gasteiger partial charge in [-0.2, -0.15) is 20.2 Å². The summed E-state index contributed by atoms with van der Waals surface area (Å²) in [5.74, 6) is -0.0638. The molecule has 0 saturated carbocycles. The Labute approximate surface area is 273 Å². The quantitative estimate of drug-likeness (QED) is 0.0810. The lowest BCUT2D eigenvalue weighted by Crippen LogP contribution is -2.43. The number of aliphatic hydroxyl groups is 1. The minimum Gasteiger partial charge on any atom is -0.476 e. The molecule has 2 aromatic heterocycles. The molecule has 16 nitrogen and oxygen atoms in total. The Morgan fingerprint density at radius 1 is 1.23 bits per heavy atom. The fourth-order valence-electron chi connectivity index (χ4n) is 5.44. The van der Waals surface area contributed by atoms with Crippen molar-refractivity contribution in [1.82, 2.24) is 24.6 Å². The Hall–Kier alpha value is -3.69. The standard InChI is InChI=1S/C30H45N8O8P/c1-6-12-20(13-7-2)16-43-27(40)19(4)36-47(41,46-21-14-10-9-11-15-21)44-17-22-24(39)30(5,37-32)28(45-22)38-18-33-23-25(38)34-29(31)35-26(23)42-8-3/h9-11,14-15,18-20,22,24,28,32,39H,6-8,12-13,16-17H2,1-5H3,(H,36,41)(H2,31,34,35). The highest BCUT2D eigenvalue weighted by molar-refractivity contribution is 7.52. The molecule has 6 unspecified atom stereocenters. The summed E-state index contributed by atoms with van der Waals surface area (Å²) in [6.07, 6.45) is 1.54. The molecule has 0 bridgehead atoms. The van der Waals surface area contributed by atoms with Crippen molar-refractivity contribution in [2.45, 2.75) is 90.3 Å². The summed E-state index contributed by atoms with van der Waals surface area (Å²) in [6.45, 7) is 9.07. The molecule has 0 spiro atoms. The van der Waals surface area contributed by atoms with Crippen molar-refractivity contribution in [3.63, 3.8) is 0 Å². The van der Waals surface area contributed by atoms with Crippen LogP contribution in [0, 0.1) is 11.4 Å². The number of ether oxygens (including phenoxy) is 3. The number of nitrogens with two attached hydrogens (primary N) is 1. The number of fused-ring (bicyclic) bond motifs is 1. The summed E-state index contributed by atoms with van der Waals surface area (Å²) >= 11 is 0. The van der Waals surface area contributed by atoms with Gasteiger partial charge in [0.2, 0.25) is 11.8 Å². The van der Waals surface area contributed by atoms with Gasteiger partial charge in [-0.05, 0) is 51.7 Å². The van der Waals surface area contributed by atoms with Crippen molar-refractivity contribution in [2.75, 3.05) is 25.6 Å². The largest absolute Gasteiger partial charge is 0.476 e. The van der Waals surface area contributed by atoms with Gasteiger partial charge in [-0.25, -0.2) is 15.1 Å². The van der Waals surface area contributed by atoms with Crippen molar-refractivity contribution in [3.8, 4) is 11.6 Å². The average molecular weight is 677 g/mol. The molecule has 1 aromatic carbocycles. The normalized spacial score (nSPS) is 23.0. The van der Waals surface area contributed by atoms with E-state index in [-0.39, 0.29) is 35.7 Å². The van der Waals surface area contributed by atoms with E-state index in [4.69, 9.17) is 34.5 Å². The zero-order valence-electron chi connectivity index (χ0n) is 27.4. The molecule has 0 radical (unpaired) electrons. The van der Waals surface area contributed by atoms with E-state index < -0.39 is 50.3 Å². The van der Waals surface area contributed by atoms with Gasteiger partial charge in [0.15, 0.2) is 22.9 Å². The van der Waals surface area contributed by atoms with E-state index in [0.717, 1.165) is 25.7 Å². The molecule has 4 rings (SSSR count). The van der Waals surface area contributed by atoms with E-state index in [2.05, 4.69) is 39.0 Å². The summed E-state index contributed by atoms with van der Waals surface area (Å²) in [6, 6.07) is 7.25. The Kier molecular flexibility index (Phi) is 12.3. The molecule has 1 fully saturated rings. The van der Waals surface area contributed by atoms with E-state index >= 15 is 0 Å². The van der Waals surface area contributed by atoms with Gasteiger partial charge in [-0.1, -0.05) is 44.9 Å². The number of aromatic nitrogens is 4. The maximum absolute atomic E-state index is 14.1. The van der Waals surface area contributed by atoms with Gasteiger partial charge < -0.3 is 29.6 Å². The number of anilines is 1.